The fourth-order valence-electron chi connectivity index (χ4n) is 2.32. The maximum Gasteiger partial charge on any atom is 0.221 e. The summed E-state index contributed by atoms with van der Waals surface area (Å²) in [6.07, 6.45) is 0. The maximum absolute atomic E-state index is 12.6. The van der Waals surface area contributed by atoms with Crippen molar-refractivity contribution in [3.05, 3.63) is 59.7 Å². The molecule has 3 rings (SSSR count). The van der Waals surface area contributed by atoms with Gasteiger partial charge < -0.3 is 10.1 Å². The van der Waals surface area contributed by atoms with Crippen LogP contribution < -0.4 is 0 Å². The van der Waals surface area contributed by atoms with E-state index in [0.29, 0.717) is 11.1 Å². The number of aromatic amines is 1. The van der Waals surface area contributed by atoms with Crippen LogP contribution in [0.25, 0.3) is 10.9 Å². The van der Waals surface area contributed by atoms with Crippen molar-refractivity contribution in [3.63, 3.8) is 0 Å². The molecule has 0 aliphatic heterocycles. The number of aryl methyl sites for hydroxylation is 1. The minimum absolute atomic E-state index is 0.126. The Morgan fingerprint density at radius 2 is 1.81 bits per heavy atom. The number of aromatic nitrogens is 1. The van der Waals surface area contributed by atoms with E-state index in [0.717, 1.165) is 10.9 Å². The summed E-state index contributed by atoms with van der Waals surface area (Å²) in [4.78, 5) is 3.18. The molecule has 2 aromatic carbocycles. The van der Waals surface area contributed by atoms with E-state index in [-0.39, 0.29) is 16.5 Å². The summed E-state index contributed by atoms with van der Waals surface area (Å²) in [5.74, 6) is 0. The lowest BCUT2D eigenvalue weighted by molar-refractivity contribution is 0.283. The lowest BCUT2D eigenvalue weighted by Crippen LogP contribution is -2.02. The Bertz CT molecular complexity index is 893. The van der Waals surface area contributed by atoms with Crippen LogP contribution in [-0.4, -0.2) is 18.5 Å². The fraction of sp³-hybridized carbons (Fsp3) is 0.125. The molecule has 0 spiro atoms. The lowest BCUT2D eigenvalue weighted by Gasteiger charge is -2.02. The van der Waals surface area contributed by atoms with Crippen LogP contribution in [0.3, 0.4) is 0 Å². The molecule has 0 amide bonds. The number of hydrogen-bond donors (Lipinski definition) is 2. The van der Waals surface area contributed by atoms with Gasteiger partial charge >= 0.3 is 0 Å². The van der Waals surface area contributed by atoms with Crippen LogP contribution in [0, 0.1) is 6.92 Å². The molecule has 108 valence electrons. The summed E-state index contributed by atoms with van der Waals surface area (Å²) in [5, 5.41) is 10.2. The molecule has 0 radical (unpaired) electrons. The summed E-state index contributed by atoms with van der Waals surface area (Å²) < 4.78 is 25.2. The van der Waals surface area contributed by atoms with Crippen molar-refractivity contribution in [2.24, 2.45) is 0 Å². The third-order valence-electron chi connectivity index (χ3n) is 3.52. The van der Waals surface area contributed by atoms with Gasteiger partial charge in [0.25, 0.3) is 0 Å². The second kappa shape index (κ2) is 5.02. The van der Waals surface area contributed by atoms with Crippen LogP contribution in [0.2, 0.25) is 0 Å². The van der Waals surface area contributed by atoms with E-state index in [9.17, 15) is 13.5 Å². The Balaban J connectivity index is 2.17. The van der Waals surface area contributed by atoms with Gasteiger partial charge in [0, 0.05) is 10.9 Å². The zero-order chi connectivity index (χ0) is 15.0. The largest absolute Gasteiger partial charge is 0.392 e. The summed E-state index contributed by atoms with van der Waals surface area (Å²) in [7, 11) is -3.58. The van der Waals surface area contributed by atoms with Gasteiger partial charge in [-0.05, 0) is 36.8 Å². The highest BCUT2D eigenvalue weighted by molar-refractivity contribution is 7.91. The monoisotopic (exact) mass is 301 g/mol. The molecule has 1 heterocycles. The summed E-state index contributed by atoms with van der Waals surface area (Å²) in [6, 6.07) is 13.7. The van der Waals surface area contributed by atoms with Gasteiger partial charge in [0.05, 0.1) is 11.5 Å². The third-order valence-corrected chi connectivity index (χ3v) is 5.21. The van der Waals surface area contributed by atoms with Crippen molar-refractivity contribution in [2.75, 3.05) is 0 Å². The maximum atomic E-state index is 12.6. The first-order valence-corrected chi connectivity index (χ1v) is 8.04. The van der Waals surface area contributed by atoms with Crippen LogP contribution >= 0.6 is 0 Å². The number of aliphatic hydroxyl groups is 1. The van der Waals surface area contributed by atoms with Crippen LogP contribution in [0.1, 0.15) is 11.1 Å². The second-order valence-electron chi connectivity index (χ2n) is 4.99. The van der Waals surface area contributed by atoms with Crippen molar-refractivity contribution in [1.82, 2.24) is 4.98 Å². The van der Waals surface area contributed by atoms with E-state index in [1.54, 1.807) is 48.5 Å². The Hall–Kier alpha value is -2.11. The van der Waals surface area contributed by atoms with E-state index in [2.05, 4.69) is 4.98 Å². The predicted octanol–water partition coefficient (Wildman–Crippen LogP) is 2.80. The smallest absolute Gasteiger partial charge is 0.221 e. The van der Waals surface area contributed by atoms with Crippen molar-refractivity contribution in [2.45, 2.75) is 23.5 Å². The van der Waals surface area contributed by atoms with Crippen molar-refractivity contribution in [1.29, 1.82) is 0 Å². The predicted molar refractivity (Wildman–Crippen MR) is 80.9 cm³/mol. The SMILES string of the molecule is Cc1ccc(S(=O)(=O)c2cc3c(CO)cccc3[nH]2)cc1. The van der Waals surface area contributed by atoms with E-state index < -0.39 is 9.84 Å². The molecule has 0 aliphatic carbocycles. The molecule has 0 bridgehead atoms. The first kappa shape index (κ1) is 13.9. The molecule has 3 aromatic rings. The average Bonchev–Trinajstić information content (AvgIpc) is 2.92. The van der Waals surface area contributed by atoms with Gasteiger partial charge in [-0.15, -0.1) is 0 Å². The van der Waals surface area contributed by atoms with Gasteiger partial charge in [-0.1, -0.05) is 29.8 Å². The van der Waals surface area contributed by atoms with E-state index in [4.69, 9.17) is 0 Å². The Kier molecular flexibility index (Phi) is 3.31. The van der Waals surface area contributed by atoms with E-state index in [1.165, 1.54) is 0 Å². The highest BCUT2D eigenvalue weighted by atomic mass is 32.2. The summed E-state index contributed by atoms with van der Waals surface area (Å²) >= 11 is 0. The molecular formula is C16H15NO3S. The molecule has 0 saturated heterocycles. The topological polar surface area (TPSA) is 70.2 Å². The molecular weight excluding hydrogens is 286 g/mol. The van der Waals surface area contributed by atoms with Gasteiger partial charge in [0.2, 0.25) is 9.84 Å². The van der Waals surface area contributed by atoms with Crippen LogP contribution in [-0.2, 0) is 16.4 Å². The third kappa shape index (κ3) is 2.34. The molecule has 21 heavy (non-hydrogen) atoms. The molecule has 0 saturated carbocycles. The number of H-pyrrole nitrogens is 1. The second-order valence-corrected chi connectivity index (χ2v) is 6.90. The van der Waals surface area contributed by atoms with E-state index in [1.807, 2.05) is 6.92 Å². The number of hydrogen-bond acceptors (Lipinski definition) is 3. The number of rotatable bonds is 3. The zero-order valence-electron chi connectivity index (χ0n) is 11.5. The highest BCUT2D eigenvalue weighted by Crippen LogP contribution is 2.26. The Morgan fingerprint density at radius 3 is 2.48 bits per heavy atom. The fourth-order valence-corrected chi connectivity index (χ4v) is 3.59. The number of aliphatic hydroxyl groups excluding tert-OH is 1. The van der Waals surface area contributed by atoms with Crippen LogP contribution in [0.15, 0.2) is 58.5 Å². The minimum atomic E-state index is -3.58. The molecule has 0 unspecified atom stereocenters. The molecule has 0 atom stereocenters. The molecule has 1 aromatic heterocycles. The number of benzene rings is 2. The lowest BCUT2D eigenvalue weighted by atomic mass is 10.1. The van der Waals surface area contributed by atoms with Crippen molar-refractivity contribution in [3.8, 4) is 0 Å². The normalized spacial score (nSPS) is 11.9. The highest BCUT2D eigenvalue weighted by Gasteiger charge is 2.20. The number of sulfone groups is 1. The van der Waals surface area contributed by atoms with Gasteiger partial charge in [-0.2, -0.15) is 0 Å². The van der Waals surface area contributed by atoms with Crippen molar-refractivity contribution >= 4 is 20.7 Å². The quantitative estimate of drug-likeness (QED) is 0.781. The van der Waals surface area contributed by atoms with Gasteiger partial charge in [-0.25, -0.2) is 8.42 Å². The average molecular weight is 301 g/mol. The molecule has 0 fully saturated rings. The minimum Gasteiger partial charge on any atom is -0.392 e. The number of fused-ring (bicyclic) bond motifs is 1. The van der Waals surface area contributed by atoms with Crippen LogP contribution in [0.5, 0.6) is 0 Å². The van der Waals surface area contributed by atoms with E-state index >= 15 is 0 Å². The zero-order valence-corrected chi connectivity index (χ0v) is 12.3. The molecule has 2 N–H and O–H groups in total. The van der Waals surface area contributed by atoms with Crippen molar-refractivity contribution < 1.29 is 13.5 Å². The number of nitrogens with one attached hydrogen (secondary N) is 1. The first-order chi connectivity index (χ1) is 10.0. The first-order valence-electron chi connectivity index (χ1n) is 6.55. The molecule has 5 heteroatoms. The van der Waals surface area contributed by atoms with Gasteiger partial charge in [0.1, 0.15) is 5.03 Å². The summed E-state index contributed by atoms with van der Waals surface area (Å²) in [6.45, 7) is 1.78. The molecule has 4 nitrogen and oxygen atoms in total. The van der Waals surface area contributed by atoms with Gasteiger partial charge in [-0.3, -0.25) is 0 Å². The Labute approximate surface area is 123 Å². The molecule has 0 aliphatic rings. The van der Waals surface area contributed by atoms with Crippen LogP contribution in [0.4, 0.5) is 0 Å². The Morgan fingerprint density at radius 1 is 1.10 bits per heavy atom. The summed E-state index contributed by atoms with van der Waals surface area (Å²) in [5.41, 5.74) is 2.41. The standard InChI is InChI=1S/C16H15NO3S/c1-11-5-7-13(8-6-11)21(19,20)16-9-14-12(10-18)3-2-4-15(14)17-16/h2-9,17-18H,10H2,1H3. The van der Waals surface area contributed by atoms with Gasteiger partial charge in [0.15, 0.2) is 0 Å².